The lowest BCUT2D eigenvalue weighted by atomic mass is 9.87. The Balaban J connectivity index is 2.28. The monoisotopic (exact) mass is 209 g/mol. The van der Waals surface area contributed by atoms with Gasteiger partial charge in [-0.3, -0.25) is 4.79 Å². The van der Waals surface area contributed by atoms with E-state index in [2.05, 4.69) is 11.2 Å². The SMILES string of the molecule is C#CCCC(=O)NCC1(CO)CCCC1. The number of aliphatic hydroxyl groups is 1. The fourth-order valence-corrected chi connectivity index (χ4v) is 2.08. The van der Waals surface area contributed by atoms with Crippen LogP contribution in [0.5, 0.6) is 0 Å². The number of hydrogen-bond acceptors (Lipinski definition) is 2. The molecule has 0 saturated heterocycles. The van der Waals surface area contributed by atoms with Crippen LogP contribution in [0.4, 0.5) is 0 Å². The predicted molar refractivity (Wildman–Crippen MR) is 59.1 cm³/mol. The Hall–Kier alpha value is -1.01. The zero-order valence-corrected chi connectivity index (χ0v) is 9.09. The van der Waals surface area contributed by atoms with Crippen LogP contribution in [-0.2, 0) is 4.79 Å². The zero-order valence-electron chi connectivity index (χ0n) is 9.09. The third kappa shape index (κ3) is 3.56. The molecule has 15 heavy (non-hydrogen) atoms. The van der Waals surface area contributed by atoms with Crippen LogP contribution in [0.2, 0.25) is 0 Å². The highest BCUT2D eigenvalue weighted by Gasteiger charge is 2.33. The molecule has 0 heterocycles. The lowest BCUT2D eigenvalue weighted by molar-refractivity contribution is -0.121. The molecule has 0 atom stereocenters. The van der Waals surface area contributed by atoms with Crippen LogP contribution in [0.25, 0.3) is 0 Å². The molecule has 1 aliphatic carbocycles. The number of nitrogens with one attached hydrogen (secondary N) is 1. The highest BCUT2D eigenvalue weighted by Crippen LogP contribution is 2.36. The third-order valence-corrected chi connectivity index (χ3v) is 3.16. The Morgan fingerprint density at radius 3 is 2.67 bits per heavy atom. The van der Waals surface area contributed by atoms with E-state index in [1.54, 1.807) is 0 Å². The van der Waals surface area contributed by atoms with Gasteiger partial charge in [0.2, 0.25) is 5.91 Å². The molecule has 0 unspecified atom stereocenters. The average molecular weight is 209 g/mol. The molecule has 0 aromatic rings. The summed E-state index contributed by atoms with van der Waals surface area (Å²) in [6.07, 6.45) is 10.3. The van der Waals surface area contributed by atoms with E-state index in [9.17, 15) is 9.90 Å². The predicted octanol–water partition coefficient (Wildman–Crippen LogP) is 1.07. The van der Waals surface area contributed by atoms with Crippen LogP contribution in [0.3, 0.4) is 0 Å². The van der Waals surface area contributed by atoms with E-state index in [1.165, 1.54) is 0 Å². The van der Waals surface area contributed by atoms with Crippen LogP contribution in [0, 0.1) is 17.8 Å². The van der Waals surface area contributed by atoms with Crippen molar-refractivity contribution in [3.8, 4) is 12.3 Å². The second-order valence-corrected chi connectivity index (χ2v) is 4.35. The van der Waals surface area contributed by atoms with Crippen molar-refractivity contribution in [2.24, 2.45) is 5.41 Å². The van der Waals surface area contributed by atoms with Gasteiger partial charge in [0.1, 0.15) is 0 Å². The lowest BCUT2D eigenvalue weighted by Crippen LogP contribution is -2.38. The topological polar surface area (TPSA) is 49.3 Å². The molecule has 0 aliphatic heterocycles. The number of carbonyl (C=O) groups excluding carboxylic acids is 1. The molecule has 0 radical (unpaired) electrons. The molecule has 84 valence electrons. The first-order chi connectivity index (χ1) is 7.22. The Labute approximate surface area is 91.3 Å². The number of hydrogen-bond donors (Lipinski definition) is 2. The van der Waals surface area contributed by atoms with Crippen molar-refractivity contribution in [2.75, 3.05) is 13.2 Å². The molecule has 3 nitrogen and oxygen atoms in total. The minimum atomic E-state index is -0.0637. The summed E-state index contributed by atoms with van der Waals surface area (Å²) >= 11 is 0. The number of amides is 1. The molecule has 0 aromatic carbocycles. The van der Waals surface area contributed by atoms with Crippen LogP contribution < -0.4 is 5.32 Å². The second kappa shape index (κ2) is 5.77. The molecule has 2 N–H and O–H groups in total. The van der Waals surface area contributed by atoms with Gasteiger partial charge in [-0.15, -0.1) is 12.3 Å². The average Bonchev–Trinajstić information content (AvgIpc) is 2.73. The molecule has 3 heteroatoms. The Morgan fingerprint density at radius 1 is 1.47 bits per heavy atom. The third-order valence-electron chi connectivity index (χ3n) is 3.16. The van der Waals surface area contributed by atoms with Gasteiger partial charge < -0.3 is 10.4 Å². The van der Waals surface area contributed by atoms with Crippen molar-refractivity contribution in [3.63, 3.8) is 0 Å². The van der Waals surface area contributed by atoms with Crippen molar-refractivity contribution in [2.45, 2.75) is 38.5 Å². The molecule has 1 fully saturated rings. The van der Waals surface area contributed by atoms with E-state index >= 15 is 0 Å². The minimum absolute atomic E-state index is 0.00678. The summed E-state index contributed by atoms with van der Waals surface area (Å²) in [5, 5.41) is 12.2. The largest absolute Gasteiger partial charge is 0.396 e. The van der Waals surface area contributed by atoms with Crippen LogP contribution >= 0.6 is 0 Å². The van der Waals surface area contributed by atoms with Gasteiger partial charge in [0.15, 0.2) is 0 Å². The van der Waals surface area contributed by atoms with Crippen LogP contribution in [-0.4, -0.2) is 24.2 Å². The Bertz CT molecular complexity index is 249. The van der Waals surface area contributed by atoms with E-state index < -0.39 is 0 Å². The summed E-state index contributed by atoms with van der Waals surface area (Å²) in [4.78, 5) is 11.3. The van der Waals surface area contributed by atoms with Gasteiger partial charge in [-0.2, -0.15) is 0 Å². The van der Waals surface area contributed by atoms with Gasteiger partial charge in [0.25, 0.3) is 0 Å². The summed E-state index contributed by atoms with van der Waals surface area (Å²) in [5.41, 5.74) is -0.0637. The van der Waals surface area contributed by atoms with E-state index in [-0.39, 0.29) is 17.9 Å². The highest BCUT2D eigenvalue weighted by atomic mass is 16.3. The molecular formula is C12H19NO2. The first-order valence-electron chi connectivity index (χ1n) is 5.53. The number of terminal acetylenes is 1. The minimum Gasteiger partial charge on any atom is -0.396 e. The first kappa shape index (κ1) is 12.1. The second-order valence-electron chi connectivity index (χ2n) is 4.35. The molecule has 0 aromatic heterocycles. The first-order valence-corrected chi connectivity index (χ1v) is 5.53. The summed E-state index contributed by atoms with van der Waals surface area (Å²) < 4.78 is 0. The quantitative estimate of drug-likeness (QED) is 0.665. The Kier molecular flexibility index (Phi) is 4.64. The molecule has 0 spiro atoms. The van der Waals surface area contributed by atoms with Gasteiger partial charge >= 0.3 is 0 Å². The molecule has 1 rings (SSSR count). The normalized spacial score (nSPS) is 18.4. The molecule has 1 amide bonds. The maximum atomic E-state index is 11.3. The number of carbonyl (C=O) groups is 1. The van der Waals surface area contributed by atoms with Gasteiger partial charge in [0, 0.05) is 24.8 Å². The van der Waals surface area contributed by atoms with Crippen LogP contribution in [0.1, 0.15) is 38.5 Å². The van der Waals surface area contributed by atoms with Gasteiger partial charge in [-0.25, -0.2) is 0 Å². The van der Waals surface area contributed by atoms with Gasteiger partial charge in [0.05, 0.1) is 6.61 Å². The van der Waals surface area contributed by atoms with Crippen molar-refractivity contribution in [1.29, 1.82) is 0 Å². The maximum Gasteiger partial charge on any atom is 0.220 e. The van der Waals surface area contributed by atoms with E-state index in [4.69, 9.17) is 6.42 Å². The number of aliphatic hydroxyl groups excluding tert-OH is 1. The summed E-state index contributed by atoms with van der Waals surface area (Å²) in [5.74, 6) is 2.43. The maximum absolute atomic E-state index is 11.3. The van der Waals surface area contributed by atoms with E-state index in [0.717, 1.165) is 25.7 Å². The standard InChI is InChI=1S/C12H19NO2/c1-2-3-6-11(15)13-9-12(10-14)7-4-5-8-12/h1,14H,3-10H2,(H,13,15). The molecular weight excluding hydrogens is 190 g/mol. The smallest absolute Gasteiger partial charge is 0.220 e. The van der Waals surface area contributed by atoms with Crippen LogP contribution in [0.15, 0.2) is 0 Å². The lowest BCUT2D eigenvalue weighted by Gasteiger charge is -2.26. The fraction of sp³-hybridized carbons (Fsp3) is 0.750. The molecule has 1 aliphatic rings. The molecule has 0 bridgehead atoms. The van der Waals surface area contributed by atoms with Crippen molar-refractivity contribution < 1.29 is 9.90 Å². The van der Waals surface area contributed by atoms with Gasteiger partial charge in [-0.05, 0) is 12.8 Å². The highest BCUT2D eigenvalue weighted by molar-refractivity contribution is 5.76. The fourth-order valence-electron chi connectivity index (χ4n) is 2.08. The summed E-state index contributed by atoms with van der Waals surface area (Å²) in [7, 11) is 0. The Morgan fingerprint density at radius 2 is 2.13 bits per heavy atom. The summed E-state index contributed by atoms with van der Waals surface area (Å²) in [6.45, 7) is 0.759. The van der Waals surface area contributed by atoms with Crippen molar-refractivity contribution in [1.82, 2.24) is 5.32 Å². The van der Waals surface area contributed by atoms with Crippen molar-refractivity contribution in [3.05, 3.63) is 0 Å². The van der Waals surface area contributed by atoms with E-state index in [1.807, 2.05) is 0 Å². The zero-order chi connectivity index (χ0) is 11.1. The molecule has 1 saturated carbocycles. The summed E-state index contributed by atoms with van der Waals surface area (Å²) in [6, 6.07) is 0. The van der Waals surface area contributed by atoms with E-state index in [0.29, 0.717) is 19.4 Å². The number of rotatable bonds is 5. The van der Waals surface area contributed by atoms with Crippen molar-refractivity contribution >= 4 is 5.91 Å². The van der Waals surface area contributed by atoms with Gasteiger partial charge in [-0.1, -0.05) is 12.8 Å².